The van der Waals surface area contributed by atoms with Crippen molar-refractivity contribution in [2.45, 2.75) is 33.4 Å². The van der Waals surface area contributed by atoms with Crippen molar-refractivity contribution in [3.63, 3.8) is 0 Å². The Kier molecular flexibility index (Phi) is 10.6. The van der Waals surface area contributed by atoms with Gasteiger partial charge in [-0.25, -0.2) is 14.6 Å². The Hall–Kier alpha value is -3.26. The zero-order valence-electron chi connectivity index (χ0n) is 24.4. The van der Waals surface area contributed by atoms with E-state index >= 15 is 0 Å². The summed E-state index contributed by atoms with van der Waals surface area (Å²) in [4.78, 5) is 44.1. The number of nitrogens with zero attached hydrogens (tertiary/aromatic N) is 2. The van der Waals surface area contributed by atoms with Gasteiger partial charge in [-0.15, -0.1) is 0 Å². The molecule has 0 saturated carbocycles. The molecule has 0 bridgehead atoms. The van der Waals surface area contributed by atoms with E-state index in [1.54, 1.807) is 57.2 Å². The van der Waals surface area contributed by atoms with Crippen molar-refractivity contribution in [3.05, 3.63) is 127 Å². The molecule has 232 valence electrons. The predicted octanol–water partition coefficient (Wildman–Crippen LogP) is 6.57. The third-order valence-corrected chi connectivity index (χ3v) is 9.60. The lowest BCUT2D eigenvalue weighted by molar-refractivity contribution is -0.139. The third-order valence-electron chi connectivity index (χ3n) is 6.88. The van der Waals surface area contributed by atoms with Gasteiger partial charge >= 0.3 is 11.9 Å². The Labute approximate surface area is 290 Å². The number of allylic oxidation sites excluding steroid dienone is 1. The van der Waals surface area contributed by atoms with Crippen molar-refractivity contribution in [3.8, 4) is 5.75 Å². The van der Waals surface area contributed by atoms with E-state index < -0.39 is 12.0 Å². The van der Waals surface area contributed by atoms with Gasteiger partial charge in [-0.3, -0.25) is 9.36 Å². The zero-order chi connectivity index (χ0) is 32.2. The van der Waals surface area contributed by atoms with Crippen molar-refractivity contribution in [1.29, 1.82) is 0 Å². The molecule has 8 nitrogen and oxygen atoms in total. The lowest BCUT2D eigenvalue weighted by atomic mass is 9.96. The van der Waals surface area contributed by atoms with E-state index in [9.17, 15) is 14.4 Å². The molecule has 1 atom stereocenters. The van der Waals surface area contributed by atoms with Crippen LogP contribution in [0.15, 0.2) is 86.2 Å². The molecule has 0 aliphatic carbocycles. The molecular weight excluding hydrogens is 795 g/mol. The number of benzene rings is 3. The Morgan fingerprint density at radius 2 is 1.76 bits per heavy atom. The number of aromatic nitrogens is 1. The monoisotopic (exact) mass is 820 g/mol. The number of ether oxygens (including phenoxy) is 3. The zero-order valence-corrected chi connectivity index (χ0v) is 29.8. The first-order valence-electron chi connectivity index (χ1n) is 13.9. The average Bonchev–Trinajstić information content (AvgIpc) is 3.30. The van der Waals surface area contributed by atoms with Crippen molar-refractivity contribution >= 4 is 79.5 Å². The number of halogens is 3. The highest BCUT2D eigenvalue weighted by atomic mass is 127. The van der Waals surface area contributed by atoms with E-state index in [1.165, 1.54) is 15.9 Å². The fourth-order valence-corrected chi connectivity index (χ4v) is 7.90. The van der Waals surface area contributed by atoms with E-state index in [1.807, 2.05) is 30.3 Å². The second-order valence-corrected chi connectivity index (χ2v) is 13.3. The number of rotatable bonds is 9. The van der Waals surface area contributed by atoms with Gasteiger partial charge < -0.3 is 14.2 Å². The van der Waals surface area contributed by atoms with Crippen molar-refractivity contribution in [1.82, 2.24) is 4.57 Å². The number of esters is 2. The molecule has 1 aliphatic heterocycles. The molecular formula is C33H27BrClIN2O6S. The van der Waals surface area contributed by atoms with Crippen LogP contribution in [0, 0.1) is 3.57 Å². The van der Waals surface area contributed by atoms with E-state index in [0.29, 0.717) is 54.6 Å². The summed E-state index contributed by atoms with van der Waals surface area (Å²) in [6, 6.07) is 17.2. The van der Waals surface area contributed by atoms with Crippen LogP contribution in [0.3, 0.4) is 0 Å². The molecule has 0 radical (unpaired) electrons. The quantitative estimate of drug-likeness (QED) is 0.140. The van der Waals surface area contributed by atoms with Crippen LogP contribution in [0.5, 0.6) is 5.75 Å². The van der Waals surface area contributed by atoms with Gasteiger partial charge in [0.15, 0.2) is 4.80 Å². The Morgan fingerprint density at radius 3 is 2.42 bits per heavy atom. The summed E-state index contributed by atoms with van der Waals surface area (Å²) in [6.45, 7) is 6.03. The summed E-state index contributed by atoms with van der Waals surface area (Å²) in [5.74, 6) is -0.252. The van der Waals surface area contributed by atoms with Crippen LogP contribution in [0.2, 0.25) is 5.02 Å². The molecule has 0 unspecified atom stereocenters. The van der Waals surface area contributed by atoms with Crippen LogP contribution >= 0.6 is 61.5 Å². The molecule has 1 aliphatic rings. The molecule has 0 N–H and O–H groups in total. The molecule has 5 rings (SSSR count). The summed E-state index contributed by atoms with van der Waals surface area (Å²) in [5.41, 5.74) is 3.21. The minimum atomic E-state index is -0.787. The Bertz CT molecular complexity index is 1980. The molecule has 0 saturated heterocycles. The van der Waals surface area contributed by atoms with Gasteiger partial charge in [0.25, 0.3) is 5.56 Å². The maximum Gasteiger partial charge on any atom is 0.338 e. The maximum absolute atomic E-state index is 13.9. The largest absolute Gasteiger partial charge is 0.487 e. The topological polar surface area (TPSA) is 96.2 Å². The smallest absolute Gasteiger partial charge is 0.338 e. The van der Waals surface area contributed by atoms with Crippen molar-refractivity contribution in [2.24, 2.45) is 4.99 Å². The Balaban J connectivity index is 1.47. The van der Waals surface area contributed by atoms with Crippen molar-refractivity contribution in [2.75, 3.05) is 13.2 Å². The summed E-state index contributed by atoms with van der Waals surface area (Å²) in [6.07, 6.45) is 1.79. The second kappa shape index (κ2) is 14.4. The van der Waals surface area contributed by atoms with Crippen molar-refractivity contribution < 1.29 is 23.8 Å². The second-order valence-electron chi connectivity index (χ2n) is 9.84. The number of hydrogen-bond donors (Lipinski definition) is 0. The van der Waals surface area contributed by atoms with Crippen LogP contribution in [0.1, 0.15) is 53.9 Å². The normalized spacial score (nSPS) is 14.5. The minimum absolute atomic E-state index is 0.185. The van der Waals surface area contributed by atoms with Crippen LogP contribution in [-0.2, 0) is 20.9 Å². The molecule has 0 fully saturated rings. The van der Waals surface area contributed by atoms with Gasteiger partial charge in [-0.05, 0) is 112 Å². The summed E-state index contributed by atoms with van der Waals surface area (Å²) < 4.78 is 20.0. The first-order chi connectivity index (χ1) is 21.6. The lowest BCUT2D eigenvalue weighted by Crippen LogP contribution is -2.40. The highest BCUT2D eigenvalue weighted by Gasteiger charge is 2.34. The molecule has 12 heteroatoms. The van der Waals surface area contributed by atoms with E-state index in [4.69, 9.17) is 25.8 Å². The van der Waals surface area contributed by atoms with Gasteiger partial charge in [0.05, 0.1) is 42.6 Å². The van der Waals surface area contributed by atoms with Gasteiger partial charge in [0.1, 0.15) is 18.4 Å². The maximum atomic E-state index is 13.9. The predicted molar refractivity (Wildman–Crippen MR) is 185 cm³/mol. The average molecular weight is 822 g/mol. The summed E-state index contributed by atoms with van der Waals surface area (Å²) in [7, 11) is 0. The number of fused-ring (bicyclic) bond motifs is 1. The van der Waals surface area contributed by atoms with E-state index in [0.717, 1.165) is 14.7 Å². The molecule has 0 spiro atoms. The lowest BCUT2D eigenvalue weighted by Gasteiger charge is -2.25. The molecule has 3 aromatic carbocycles. The standard InChI is InChI=1S/C33H27BrClIN2O6S/c1-4-42-31(40)21-12-10-19(11-13-21)17-44-29-23(34)14-20(15-25(29)36)16-26-30(39)38-28(22-8-6-7-9-24(22)35)27(32(41)43-5-2)18(3)37-33(38)45-26/h6-16,28H,4-5,17H2,1-3H3/b26-16-/t28-/m1/s1. The summed E-state index contributed by atoms with van der Waals surface area (Å²) >= 11 is 13.6. The molecule has 1 aromatic heterocycles. The van der Waals surface area contributed by atoms with E-state index in [-0.39, 0.29) is 23.7 Å². The Morgan fingerprint density at radius 1 is 1.07 bits per heavy atom. The van der Waals surface area contributed by atoms with E-state index in [2.05, 4.69) is 43.5 Å². The number of hydrogen-bond acceptors (Lipinski definition) is 8. The van der Waals surface area contributed by atoms with Gasteiger partial charge in [-0.1, -0.05) is 53.3 Å². The SMILES string of the molecule is CCOC(=O)C1=C(C)N=c2s/c(=C\c3cc(Br)c(OCc4ccc(C(=O)OCC)cc4)c(I)c3)c(=O)n2[C@@H]1c1ccccc1Cl. The molecule has 45 heavy (non-hydrogen) atoms. The molecule has 2 heterocycles. The third kappa shape index (κ3) is 7.11. The fourth-order valence-electron chi connectivity index (χ4n) is 4.84. The number of thiazole rings is 1. The molecule has 0 amide bonds. The first-order valence-corrected chi connectivity index (χ1v) is 17.0. The van der Waals surface area contributed by atoms with Crippen LogP contribution in [0.25, 0.3) is 6.08 Å². The summed E-state index contributed by atoms with van der Waals surface area (Å²) in [5, 5.41) is 0.428. The fraction of sp³-hybridized carbons (Fsp3) is 0.212. The van der Waals surface area contributed by atoms with Crippen LogP contribution < -0.4 is 19.6 Å². The first kappa shape index (κ1) is 33.1. The minimum Gasteiger partial charge on any atom is -0.487 e. The molecule has 4 aromatic rings. The van der Waals surface area contributed by atoms with Gasteiger partial charge in [0.2, 0.25) is 0 Å². The highest BCUT2D eigenvalue weighted by Crippen LogP contribution is 2.35. The van der Waals surface area contributed by atoms with Gasteiger partial charge in [0, 0.05) is 5.02 Å². The van der Waals surface area contributed by atoms with Crippen LogP contribution in [-0.4, -0.2) is 29.7 Å². The number of carbonyl (C=O) groups is 2. The number of carbonyl (C=O) groups excluding carboxylic acids is 2. The van der Waals surface area contributed by atoms with Gasteiger partial charge in [-0.2, -0.15) is 0 Å². The highest BCUT2D eigenvalue weighted by molar-refractivity contribution is 14.1. The van der Waals surface area contributed by atoms with Crippen LogP contribution in [0.4, 0.5) is 0 Å².